The van der Waals surface area contributed by atoms with E-state index in [9.17, 15) is 9.59 Å². The number of aryl methyl sites for hydroxylation is 2. The first-order valence-electron chi connectivity index (χ1n) is 16.9. The van der Waals surface area contributed by atoms with Gasteiger partial charge in [0.1, 0.15) is 22.9 Å². The summed E-state index contributed by atoms with van der Waals surface area (Å²) < 4.78 is 15.4. The number of rotatable bonds is 5. The van der Waals surface area contributed by atoms with Crippen LogP contribution in [-0.2, 0) is 23.6 Å². The molecule has 10 heteroatoms. The Morgan fingerprint density at radius 1 is 0.604 bits per heavy atom. The first kappa shape index (κ1) is 33.3. The van der Waals surface area contributed by atoms with Gasteiger partial charge in [-0.15, -0.1) is 0 Å². The van der Waals surface area contributed by atoms with Crippen LogP contribution in [0.5, 0.6) is 0 Å². The molecule has 4 aromatic rings. The van der Waals surface area contributed by atoms with E-state index in [1.807, 2.05) is 87.0 Å². The number of hydrogen-bond acceptors (Lipinski definition) is 6. The largest absolute Gasteiger partial charge is 0.444 e. The average molecular weight is 653 g/mol. The van der Waals surface area contributed by atoms with Gasteiger partial charge in [0, 0.05) is 50.7 Å². The Balaban J connectivity index is 1.15. The first-order chi connectivity index (χ1) is 22.7. The van der Waals surface area contributed by atoms with Gasteiger partial charge in [0.25, 0.3) is 0 Å². The van der Waals surface area contributed by atoms with Crippen LogP contribution in [0.25, 0.3) is 33.6 Å². The summed E-state index contributed by atoms with van der Waals surface area (Å²) in [5.74, 6) is 1.74. The smallest absolute Gasteiger partial charge is 0.410 e. The molecule has 1 unspecified atom stereocenters. The molecule has 0 aliphatic carbocycles. The van der Waals surface area contributed by atoms with Crippen LogP contribution in [0.2, 0.25) is 0 Å². The first-order valence-corrected chi connectivity index (χ1v) is 16.9. The van der Waals surface area contributed by atoms with Crippen molar-refractivity contribution in [2.75, 3.05) is 13.1 Å². The Morgan fingerprint density at radius 2 is 0.938 bits per heavy atom. The number of nitrogens with zero attached hydrogens (tertiary/aromatic N) is 6. The van der Waals surface area contributed by atoms with Gasteiger partial charge in [-0.05, 0) is 78.4 Å². The molecule has 6 rings (SSSR count). The number of aromatic nitrogens is 4. The summed E-state index contributed by atoms with van der Waals surface area (Å²) in [5.41, 5.74) is 4.93. The molecule has 0 radical (unpaired) electrons. The van der Waals surface area contributed by atoms with E-state index in [0.29, 0.717) is 13.1 Å². The van der Waals surface area contributed by atoms with Gasteiger partial charge < -0.3 is 18.6 Å². The lowest BCUT2D eigenvalue weighted by Gasteiger charge is -2.28. The lowest BCUT2D eigenvalue weighted by molar-refractivity contribution is 0.0206. The summed E-state index contributed by atoms with van der Waals surface area (Å²) in [4.78, 5) is 39.4. The van der Waals surface area contributed by atoms with Gasteiger partial charge in [-0.25, -0.2) is 19.6 Å². The van der Waals surface area contributed by atoms with Crippen molar-refractivity contribution in [2.45, 2.75) is 90.5 Å². The fourth-order valence-electron chi connectivity index (χ4n) is 6.67. The molecule has 0 bridgehead atoms. The van der Waals surface area contributed by atoms with Crippen molar-refractivity contribution in [3.63, 3.8) is 0 Å². The molecule has 0 saturated carbocycles. The Labute approximate surface area is 283 Å². The number of benzene rings is 2. The predicted molar refractivity (Wildman–Crippen MR) is 186 cm³/mol. The van der Waals surface area contributed by atoms with Gasteiger partial charge >= 0.3 is 12.2 Å². The molecule has 2 aromatic carbocycles. The zero-order chi connectivity index (χ0) is 34.4. The summed E-state index contributed by atoms with van der Waals surface area (Å²) in [7, 11) is 3.98. The number of carbonyl (C=O) groups is 2. The van der Waals surface area contributed by atoms with E-state index in [-0.39, 0.29) is 24.3 Å². The van der Waals surface area contributed by atoms with Crippen LogP contribution in [0, 0.1) is 0 Å². The Hall–Kier alpha value is -4.60. The van der Waals surface area contributed by atoms with Gasteiger partial charge in [0.15, 0.2) is 0 Å². The van der Waals surface area contributed by atoms with Crippen LogP contribution in [0.1, 0.15) is 91.0 Å². The second-order valence-corrected chi connectivity index (χ2v) is 15.0. The third-order valence-electron chi connectivity index (χ3n) is 8.88. The van der Waals surface area contributed by atoms with Crippen molar-refractivity contribution in [3.8, 4) is 33.6 Å². The van der Waals surface area contributed by atoms with Gasteiger partial charge in [-0.1, -0.05) is 48.5 Å². The molecule has 2 amide bonds. The maximum Gasteiger partial charge on any atom is 0.410 e. The van der Waals surface area contributed by atoms with E-state index < -0.39 is 11.2 Å². The van der Waals surface area contributed by atoms with Crippen molar-refractivity contribution in [3.05, 3.63) is 72.6 Å². The molecular weight excluding hydrogens is 604 g/mol. The van der Waals surface area contributed by atoms with Crippen LogP contribution in [0.15, 0.2) is 60.9 Å². The average Bonchev–Trinajstić information content (AvgIpc) is 3.82. The van der Waals surface area contributed by atoms with Crippen molar-refractivity contribution in [1.82, 2.24) is 28.9 Å². The molecule has 4 heterocycles. The van der Waals surface area contributed by atoms with E-state index in [1.54, 1.807) is 0 Å². The van der Waals surface area contributed by atoms with Crippen LogP contribution in [0.4, 0.5) is 9.59 Å². The SMILES string of the molecule is Cn1cc(-c2ccc(-c3ccc(-c4cn(C)c([C@@H]5CCCN5C(=O)OC(C)(C)C)n4)cc3)cc2)nc1C1CCCN1C(=O)OC(C)(C)C. The Kier molecular flexibility index (Phi) is 8.87. The van der Waals surface area contributed by atoms with Crippen molar-refractivity contribution in [1.29, 1.82) is 0 Å². The summed E-state index contributed by atoms with van der Waals surface area (Å²) in [6.07, 6.45) is 7.07. The van der Waals surface area contributed by atoms with Gasteiger partial charge in [0.05, 0.1) is 23.5 Å². The van der Waals surface area contributed by atoms with E-state index in [1.165, 1.54) is 0 Å². The Bertz CT molecular complexity index is 1640. The molecule has 48 heavy (non-hydrogen) atoms. The summed E-state index contributed by atoms with van der Waals surface area (Å²) in [5, 5.41) is 0. The Morgan fingerprint density at radius 3 is 1.27 bits per heavy atom. The zero-order valence-corrected chi connectivity index (χ0v) is 29.5. The molecule has 2 aliphatic rings. The normalized spacial score (nSPS) is 18.4. The fraction of sp³-hybridized carbons (Fsp3) is 0.474. The van der Waals surface area contributed by atoms with Gasteiger partial charge in [-0.2, -0.15) is 0 Å². The highest BCUT2D eigenvalue weighted by Crippen LogP contribution is 2.36. The van der Waals surface area contributed by atoms with Crippen LogP contribution in [-0.4, -0.2) is 65.4 Å². The molecule has 0 N–H and O–H groups in total. The standard InChI is InChI=1S/C38H48N6O4/c1-37(2,3)47-35(45)43-21-9-11-31(43)33-39-29(23-41(33)7)27-17-13-25(14-18-27)26-15-19-28(20-16-26)30-24-42(8)34(40-30)32-12-10-22-44(32)36(46)48-38(4,5)6/h13-20,23-24,31-32H,9-12,21-22H2,1-8H3/t31-,32?/m0/s1. The quantitative estimate of drug-likeness (QED) is 0.215. The molecule has 10 nitrogen and oxygen atoms in total. The molecule has 254 valence electrons. The van der Waals surface area contributed by atoms with Crippen LogP contribution in [0.3, 0.4) is 0 Å². The number of likely N-dealkylation sites (tertiary alicyclic amines) is 2. The third kappa shape index (κ3) is 7.12. The topological polar surface area (TPSA) is 94.7 Å². The molecule has 2 aliphatic heterocycles. The molecule has 2 aromatic heterocycles. The number of ether oxygens (including phenoxy) is 2. The predicted octanol–water partition coefficient (Wildman–Crippen LogP) is 8.30. The van der Waals surface area contributed by atoms with Crippen molar-refractivity contribution >= 4 is 12.2 Å². The van der Waals surface area contributed by atoms with Crippen LogP contribution < -0.4 is 0 Å². The maximum atomic E-state index is 12.9. The minimum atomic E-state index is -0.539. The molecule has 2 fully saturated rings. The number of hydrogen-bond donors (Lipinski definition) is 0. The second kappa shape index (κ2) is 12.8. The van der Waals surface area contributed by atoms with E-state index >= 15 is 0 Å². The summed E-state index contributed by atoms with van der Waals surface area (Å²) in [6, 6.07) is 16.6. The minimum Gasteiger partial charge on any atom is -0.444 e. The fourth-order valence-corrected chi connectivity index (χ4v) is 6.67. The highest BCUT2D eigenvalue weighted by Gasteiger charge is 2.37. The van der Waals surface area contributed by atoms with E-state index in [4.69, 9.17) is 19.4 Å². The zero-order valence-electron chi connectivity index (χ0n) is 29.5. The van der Waals surface area contributed by atoms with Gasteiger partial charge in [-0.3, -0.25) is 9.80 Å². The molecule has 0 spiro atoms. The van der Waals surface area contributed by atoms with Gasteiger partial charge in [0.2, 0.25) is 0 Å². The van der Waals surface area contributed by atoms with Crippen molar-refractivity contribution in [2.24, 2.45) is 14.1 Å². The minimum absolute atomic E-state index is 0.103. The van der Waals surface area contributed by atoms with E-state index in [2.05, 4.69) is 48.5 Å². The lowest BCUT2D eigenvalue weighted by atomic mass is 10.0. The number of imidazole rings is 2. The number of amides is 2. The number of carbonyl (C=O) groups excluding carboxylic acids is 2. The van der Waals surface area contributed by atoms with E-state index in [0.717, 1.165) is 71.0 Å². The highest BCUT2D eigenvalue weighted by molar-refractivity contribution is 5.72. The maximum absolute atomic E-state index is 12.9. The van der Waals surface area contributed by atoms with Crippen molar-refractivity contribution < 1.29 is 19.1 Å². The third-order valence-corrected chi connectivity index (χ3v) is 8.88. The van der Waals surface area contributed by atoms with Crippen LogP contribution >= 0.6 is 0 Å². The second-order valence-electron chi connectivity index (χ2n) is 15.0. The molecule has 2 atom stereocenters. The summed E-state index contributed by atoms with van der Waals surface area (Å²) >= 11 is 0. The lowest BCUT2D eigenvalue weighted by Crippen LogP contribution is -2.37. The monoisotopic (exact) mass is 652 g/mol. The highest BCUT2D eigenvalue weighted by atomic mass is 16.6. The molecular formula is C38H48N6O4. The summed E-state index contributed by atoms with van der Waals surface area (Å²) in [6.45, 7) is 12.7. The molecule has 2 saturated heterocycles.